The number of carbonyl (C=O) groups excluding carboxylic acids is 1. The number of aromatic amines is 1. The van der Waals surface area contributed by atoms with Crippen LogP contribution in [0.1, 0.15) is 52.2 Å². The minimum atomic E-state index is -0.752. The van der Waals surface area contributed by atoms with Crippen molar-refractivity contribution in [2.45, 2.75) is 53.1 Å². The van der Waals surface area contributed by atoms with Crippen molar-refractivity contribution in [2.75, 3.05) is 11.5 Å². The maximum atomic E-state index is 13.4. The zero-order valence-electron chi connectivity index (χ0n) is 19.1. The smallest absolute Gasteiger partial charge is 0.420 e. The molecule has 0 fully saturated rings. The number of nitriles is 1. The van der Waals surface area contributed by atoms with E-state index in [1.165, 1.54) is 4.90 Å². The number of ether oxygens (including phenoxy) is 2. The SMILES string of the molecule is CCCc1c(N(C(=O)OC(C)(C)C)c2ccc(OCC)cc2)n2[nH]ccc2c(C#N)c1=O. The number of H-pyrrole nitrogens is 1. The van der Waals surface area contributed by atoms with Gasteiger partial charge in [0.05, 0.1) is 17.8 Å². The Labute approximate surface area is 187 Å². The zero-order chi connectivity index (χ0) is 23.5. The van der Waals surface area contributed by atoms with Crippen LogP contribution < -0.4 is 15.1 Å². The van der Waals surface area contributed by atoms with Crippen LogP contribution in [0.2, 0.25) is 0 Å². The molecule has 0 spiro atoms. The highest BCUT2D eigenvalue weighted by molar-refractivity contribution is 5.97. The molecule has 1 N–H and O–H groups in total. The third-order valence-corrected chi connectivity index (χ3v) is 4.73. The fraction of sp³-hybridized carbons (Fsp3) is 0.375. The summed E-state index contributed by atoms with van der Waals surface area (Å²) in [4.78, 5) is 28.1. The number of amides is 1. The fourth-order valence-corrected chi connectivity index (χ4v) is 3.51. The van der Waals surface area contributed by atoms with Crippen LogP contribution in [0.5, 0.6) is 5.75 Å². The Hall–Kier alpha value is -3.73. The number of hydrogen-bond donors (Lipinski definition) is 1. The van der Waals surface area contributed by atoms with Gasteiger partial charge in [0.15, 0.2) is 0 Å². The van der Waals surface area contributed by atoms with Crippen LogP contribution in [-0.2, 0) is 11.2 Å². The Kier molecular flexibility index (Phi) is 6.58. The van der Waals surface area contributed by atoms with E-state index in [2.05, 4.69) is 5.10 Å². The van der Waals surface area contributed by atoms with Gasteiger partial charge in [0, 0.05) is 11.8 Å². The topological polar surface area (TPSA) is 99.8 Å². The highest BCUT2D eigenvalue weighted by Gasteiger charge is 2.31. The third kappa shape index (κ3) is 4.47. The molecule has 0 bridgehead atoms. The molecule has 0 saturated carbocycles. The molecule has 3 aromatic rings. The molecule has 168 valence electrons. The monoisotopic (exact) mass is 436 g/mol. The Bertz CT molecular complexity index is 1210. The number of rotatable bonds is 6. The molecule has 0 saturated heterocycles. The molecule has 0 atom stereocenters. The summed E-state index contributed by atoms with van der Waals surface area (Å²) >= 11 is 0. The van der Waals surface area contributed by atoms with E-state index in [1.54, 1.807) is 61.8 Å². The van der Waals surface area contributed by atoms with E-state index in [-0.39, 0.29) is 11.0 Å². The van der Waals surface area contributed by atoms with Crippen LogP contribution in [0, 0.1) is 11.3 Å². The number of carbonyl (C=O) groups is 1. The summed E-state index contributed by atoms with van der Waals surface area (Å²) in [6.45, 7) is 9.69. The number of anilines is 2. The number of fused-ring (bicyclic) bond motifs is 1. The van der Waals surface area contributed by atoms with Crippen LogP contribution in [0.15, 0.2) is 41.3 Å². The van der Waals surface area contributed by atoms with E-state index in [4.69, 9.17) is 9.47 Å². The van der Waals surface area contributed by atoms with Gasteiger partial charge in [-0.2, -0.15) is 5.26 Å². The van der Waals surface area contributed by atoms with Crippen LogP contribution >= 0.6 is 0 Å². The van der Waals surface area contributed by atoms with Crippen molar-refractivity contribution in [1.29, 1.82) is 5.26 Å². The molecule has 2 aromatic heterocycles. The number of benzene rings is 1. The fourth-order valence-electron chi connectivity index (χ4n) is 3.51. The summed E-state index contributed by atoms with van der Waals surface area (Å²) < 4.78 is 12.8. The van der Waals surface area contributed by atoms with E-state index in [9.17, 15) is 14.9 Å². The summed E-state index contributed by atoms with van der Waals surface area (Å²) in [5.74, 6) is 0.991. The number of aromatic nitrogens is 2. The molecule has 0 aliphatic carbocycles. The van der Waals surface area contributed by atoms with Crippen molar-refractivity contribution >= 4 is 23.1 Å². The summed E-state index contributed by atoms with van der Waals surface area (Å²) in [7, 11) is 0. The number of nitrogens with one attached hydrogen (secondary N) is 1. The first-order chi connectivity index (χ1) is 15.2. The molecule has 8 nitrogen and oxygen atoms in total. The van der Waals surface area contributed by atoms with Crippen LogP contribution in [0.4, 0.5) is 16.3 Å². The molecule has 2 heterocycles. The van der Waals surface area contributed by atoms with Gasteiger partial charge in [-0.15, -0.1) is 0 Å². The van der Waals surface area contributed by atoms with Crippen LogP contribution in [0.3, 0.4) is 0 Å². The molecule has 1 amide bonds. The molecule has 3 rings (SSSR count). The highest BCUT2D eigenvalue weighted by atomic mass is 16.6. The summed E-state index contributed by atoms with van der Waals surface area (Å²) in [5.41, 5.74) is 0.165. The van der Waals surface area contributed by atoms with Gasteiger partial charge in [0.2, 0.25) is 5.43 Å². The maximum Gasteiger partial charge on any atom is 0.420 e. The number of pyridine rings is 1. The zero-order valence-corrected chi connectivity index (χ0v) is 19.1. The molecular weight excluding hydrogens is 408 g/mol. The molecular formula is C24H28N4O4. The van der Waals surface area contributed by atoms with Crippen molar-refractivity contribution in [3.05, 3.63) is 57.9 Å². The van der Waals surface area contributed by atoms with Crippen molar-refractivity contribution in [3.8, 4) is 11.8 Å². The third-order valence-electron chi connectivity index (χ3n) is 4.73. The minimum absolute atomic E-state index is 0.0364. The average Bonchev–Trinajstić information content (AvgIpc) is 3.20. The normalized spacial score (nSPS) is 11.2. The van der Waals surface area contributed by atoms with Crippen LogP contribution in [-0.4, -0.2) is 27.9 Å². The van der Waals surface area contributed by atoms with Gasteiger partial charge in [0.25, 0.3) is 0 Å². The second-order valence-electron chi connectivity index (χ2n) is 8.29. The standard InChI is InChI=1S/C24H28N4O4/c1-6-8-18-21(29)19(15-25)20-13-14-26-28(20)22(18)27(23(30)32-24(3,4)5)16-9-11-17(12-10-16)31-7-2/h9-14,26H,6-8H2,1-5H3. The van der Waals surface area contributed by atoms with Crippen molar-refractivity contribution in [3.63, 3.8) is 0 Å². The Morgan fingerprint density at radius 1 is 1.19 bits per heavy atom. The number of nitrogens with zero attached hydrogens (tertiary/aromatic N) is 3. The Morgan fingerprint density at radius 3 is 2.44 bits per heavy atom. The van der Waals surface area contributed by atoms with Gasteiger partial charge in [0.1, 0.15) is 28.8 Å². The van der Waals surface area contributed by atoms with Crippen molar-refractivity contribution in [2.24, 2.45) is 0 Å². The van der Waals surface area contributed by atoms with Crippen molar-refractivity contribution < 1.29 is 14.3 Å². The van der Waals surface area contributed by atoms with Gasteiger partial charge in [-0.3, -0.25) is 9.89 Å². The highest BCUT2D eigenvalue weighted by Crippen LogP contribution is 2.32. The average molecular weight is 437 g/mol. The lowest BCUT2D eigenvalue weighted by Gasteiger charge is -2.29. The van der Waals surface area contributed by atoms with E-state index in [0.717, 1.165) is 0 Å². The molecule has 0 unspecified atom stereocenters. The van der Waals surface area contributed by atoms with Gasteiger partial charge in [-0.25, -0.2) is 14.2 Å². The van der Waals surface area contributed by atoms with E-state index in [0.29, 0.717) is 47.8 Å². The second-order valence-corrected chi connectivity index (χ2v) is 8.29. The first kappa shape index (κ1) is 22.9. The van der Waals surface area contributed by atoms with Crippen LogP contribution in [0.25, 0.3) is 5.52 Å². The lowest BCUT2D eigenvalue weighted by atomic mass is 10.1. The Morgan fingerprint density at radius 2 is 1.88 bits per heavy atom. The predicted octanol–water partition coefficient (Wildman–Crippen LogP) is 4.92. The van der Waals surface area contributed by atoms with Gasteiger partial charge in [-0.1, -0.05) is 13.3 Å². The van der Waals surface area contributed by atoms with E-state index < -0.39 is 11.7 Å². The second kappa shape index (κ2) is 9.18. The lowest BCUT2D eigenvalue weighted by Crippen LogP contribution is -2.37. The predicted molar refractivity (Wildman–Crippen MR) is 123 cm³/mol. The quantitative estimate of drug-likeness (QED) is 0.591. The van der Waals surface area contributed by atoms with Crippen molar-refractivity contribution in [1.82, 2.24) is 9.61 Å². The number of hydrogen-bond acceptors (Lipinski definition) is 5. The molecule has 32 heavy (non-hydrogen) atoms. The molecule has 0 aliphatic rings. The molecule has 0 aliphatic heterocycles. The summed E-state index contributed by atoms with van der Waals surface area (Å²) in [6.07, 6.45) is 2.04. The Balaban J connectivity index is 2.33. The minimum Gasteiger partial charge on any atom is -0.494 e. The summed E-state index contributed by atoms with van der Waals surface area (Å²) in [6, 6.07) is 10.7. The first-order valence-electron chi connectivity index (χ1n) is 10.6. The van der Waals surface area contributed by atoms with E-state index >= 15 is 0 Å². The molecule has 1 aromatic carbocycles. The van der Waals surface area contributed by atoms with Gasteiger partial charge in [-0.05, 0) is 64.4 Å². The van der Waals surface area contributed by atoms with Gasteiger partial charge < -0.3 is 9.47 Å². The molecule has 0 radical (unpaired) electrons. The first-order valence-corrected chi connectivity index (χ1v) is 10.6. The maximum absolute atomic E-state index is 13.4. The largest absolute Gasteiger partial charge is 0.494 e. The molecule has 8 heteroatoms. The van der Waals surface area contributed by atoms with E-state index in [1.807, 2.05) is 19.9 Å². The van der Waals surface area contributed by atoms with Gasteiger partial charge >= 0.3 is 6.09 Å². The summed E-state index contributed by atoms with van der Waals surface area (Å²) in [5, 5.41) is 12.7. The lowest BCUT2D eigenvalue weighted by molar-refractivity contribution is 0.0597.